The third kappa shape index (κ3) is 2.38. The monoisotopic (exact) mass is 244 g/mol. The zero-order valence-corrected chi connectivity index (χ0v) is 10.3. The average molecular weight is 244 g/mol. The van der Waals surface area contributed by atoms with Crippen LogP contribution in [-0.4, -0.2) is 24.2 Å². The van der Waals surface area contributed by atoms with E-state index in [1.807, 2.05) is 6.92 Å². The van der Waals surface area contributed by atoms with Crippen LogP contribution < -0.4 is 5.32 Å². The van der Waals surface area contributed by atoms with Crippen LogP contribution in [0.5, 0.6) is 0 Å². The summed E-state index contributed by atoms with van der Waals surface area (Å²) < 4.78 is 10.6. The van der Waals surface area contributed by atoms with E-state index in [1.165, 1.54) is 0 Å². The lowest BCUT2D eigenvalue weighted by Crippen LogP contribution is -2.18. The van der Waals surface area contributed by atoms with E-state index in [0.717, 1.165) is 36.6 Å². The minimum absolute atomic E-state index is 0.435. The lowest BCUT2D eigenvalue weighted by molar-refractivity contribution is 0.195. The Morgan fingerprint density at radius 3 is 2.72 bits per heavy atom. The zero-order valence-electron chi connectivity index (χ0n) is 10.3. The Labute approximate surface area is 106 Å². The summed E-state index contributed by atoms with van der Waals surface area (Å²) in [5.74, 6) is 0.690. The number of anilines is 1. The minimum atomic E-state index is 0.435. The molecule has 1 aromatic carbocycles. The quantitative estimate of drug-likeness (QED) is 0.901. The molecule has 0 bridgehead atoms. The zero-order chi connectivity index (χ0) is 12.4. The van der Waals surface area contributed by atoms with E-state index in [2.05, 4.69) is 34.6 Å². The van der Waals surface area contributed by atoms with Crippen molar-refractivity contribution in [2.75, 3.05) is 18.5 Å². The van der Waals surface area contributed by atoms with Crippen LogP contribution in [0.3, 0.4) is 0 Å². The van der Waals surface area contributed by atoms with Gasteiger partial charge in [0, 0.05) is 24.8 Å². The van der Waals surface area contributed by atoms with Gasteiger partial charge < -0.3 is 14.5 Å². The molecule has 1 aliphatic rings. The number of aryl methyl sites for hydroxylation is 1. The highest BCUT2D eigenvalue weighted by molar-refractivity contribution is 5.62. The van der Waals surface area contributed by atoms with Crippen LogP contribution in [0.15, 0.2) is 34.9 Å². The van der Waals surface area contributed by atoms with Crippen molar-refractivity contribution in [3.63, 3.8) is 0 Å². The molecule has 2 aromatic rings. The van der Waals surface area contributed by atoms with Gasteiger partial charge in [-0.2, -0.15) is 0 Å². The van der Waals surface area contributed by atoms with Crippen molar-refractivity contribution < 1.29 is 9.15 Å². The van der Waals surface area contributed by atoms with Gasteiger partial charge in [0.05, 0.1) is 12.6 Å². The van der Waals surface area contributed by atoms with Crippen molar-refractivity contribution in [3.8, 4) is 11.3 Å². The summed E-state index contributed by atoms with van der Waals surface area (Å²) in [6, 6.07) is 8.67. The normalized spacial score (nSPS) is 19.1. The Bertz CT molecular complexity index is 513. The number of hydrogen-bond acceptors (Lipinski definition) is 4. The molecule has 1 aromatic heterocycles. The lowest BCUT2D eigenvalue weighted by atomic mass is 10.1. The highest BCUT2D eigenvalue weighted by Gasteiger charge is 2.14. The van der Waals surface area contributed by atoms with Crippen LogP contribution in [-0.2, 0) is 4.74 Å². The van der Waals surface area contributed by atoms with Gasteiger partial charge in [-0.15, -0.1) is 0 Å². The van der Waals surface area contributed by atoms with Crippen molar-refractivity contribution in [1.82, 2.24) is 4.98 Å². The van der Waals surface area contributed by atoms with Gasteiger partial charge in [0.1, 0.15) is 12.0 Å². The van der Waals surface area contributed by atoms with E-state index in [0.29, 0.717) is 11.9 Å². The number of ether oxygens (including phenoxy) is 1. The first-order valence-corrected chi connectivity index (χ1v) is 6.18. The summed E-state index contributed by atoms with van der Waals surface area (Å²) in [6.07, 6.45) is 2.76. The van der Waals surface area contributed by atoms with Crippen molar-refractivity contribution in [2.24, 2.45) is 0 Å². The van der Waals surface area contributed by atoms with Crippen molar-refractivity contribution in [3.05, 3.63) is 36.4 Å². The van der Waals surface area contributed by atoms with E-state index in [9.17, 15) is 0 Å². The number of rotatable bonds is 3. The second-order valence-corrected chi connectivity index (χ2v) is 4.53. The summed E-state index contributed by atoms with van der Waals surface area (Å²) in [6.45, 7) is 3.50. The molecule has 94 valence electrons. The van der Waals surface area contributed by atoms with E-state index >= 15 is 0 Å². The Morgan fingerprint density at radius 2 is 2.11 bits per heavy atom. The molecule has 1 aliphatic heterocycles. The van der Waals surface area contributed by atoms with E-state index in [4.69, 9.17) is 9.15 Å². The third-order valence-corrected chi connectivity index (χ3v) is 3.10. The van der Waals surface area contributed by atoms with Gasteiger partial charge in [-0.05, 0) is 18.6 Å². The fourth-order valence-electron chi connectivity index (χ4n) is 2.12. The van der Waals surface area contributed by atoms with Gasteiger partial charge in [0.15, 0.2) is 5.89 Å². The second kappa shape index (κ2) is 4.82. The first-order chi connectivity index (χ1) is 8.81. The number of aromatic nitrogens is 1. The summed E-state index contributed by atoms with van der Waals surface area (Å²) in [5, 5.41) is 3.46. The van der Waals surface area contributed by atoms with Crippen LogP contribution in [0.4, 0.5) is 5.69 Å². The number of oxazole rings is 1. The van der Waals surface area contributed by atoms with Gasteiger partial charge in [0.25, 0.3) is 0 Å². The molecule has 1 unspecified atom stereocenters. The fraction of sp³-hybridized carbons (Fsp3) is 0.357. The first-order valence-electron chi connectivity index (χ1n) is 6.18. The molecule has 4 heteroatoms. The molecule has 2 heterocycles. The van der Waals surface area contributed by atoms with Crippen LogP contribution in [0, 0.1) is 6.92 Å². The second-order valence-electron chi connectivity index (χ2n) is 4.53. The molecule has 1 N–H and O–H groups in total. The summed E-state index contributed by atoms with van der Waals surface area (Å²) in [5.41, 5.74) is 3.07. The van der Waals surface area contributed by atoms with Crippen LogP contribution in [0.25, 0.3) is 11.3 Å². The standard InChI is InChI=1S/C14H16N2O2/c1-10-15-14(9-18-10)11-2-4-12(5-3-11)16-13-6-7-17-8-13/h2-5,9,13,16H,6-8H2,1H3. The number of benzene rings is 1. The lowest BCUT2D eigenvalue weighted by Gasteiger charge is -2.12. The molecule has 0 radical (unpaired) electrons. The predicted octanol–water partition coefficient (Wildman–Crippen LogP) is 2.85. The van der Waals surface area contributed by atoms with E-state index in [1.54, 1.807) is 6.26 Å². The maximum Gasteiger partial charge on any atom is 0.191 e. The maximum atomic E-state index is 5.34. The highest BCUT2D eigenvalue weighted by atomic mass is 16.5. The summed E-state index contributed by atoms with van der Waals surface area (Å²) in [4.78, 5) is 4.31. The smallest absolute Gasteiger partial charge is 0.191 e. The fourth-order valence-corrected chi connectivity index (χ4v) is 2.12. The molecule has 0 amide bonds. The van der Waals surface area contributed by atoms with Gasteiger partial charge in [-0.1, -0.05) is 12.1 Å². The SMILES string of the molecule is Cc1nc(-c2ccc(NC3CCOC3)cc2)co1. The average Bonchev–Trinajstić information content (AvgIpc) is 3.02. The molecule has 1 fully saturated rings. The Kier molecular flexibility index (Phi) is 3.02. The van der Waals surface area contributed by atoms with Gasteiger partial charge in [-0.25, -0.2) is 4.98 Å². The Hall–Kier alpha value is -1.81. The molecule has 0 spiro atoms. The van der Waals surface area contributed by atoms with Crippen molar-refractivity contribution in [1.29, 1.82) is 0 Å². The molecular formula is C14H16N2O2. The van der Waals surface area contributed by atoms with Gasteiger partial charge in [0.2, 0.25) is 0 Å². The molecule has 4 nitrogen and oxygen atoms in total. The molecular weight excluding hydrogens is 228 g/mol. The molecule has 0 aliphatic carbocycles. The Balaban J connectivity index is 1.72. The van der Waals surface area contributed by atoms with Crippen LogP contribution >= 0.6 is 0 Å². The molecule has 1 atom stereocenters. The predicted molar refractivity (Wildman–Crippen MR) is 69.5 cm³/mol. The third-order valence-electron chi connectivity index (χ3n) is 3.10. The first kappa shape index (κ1) is 11.3. The van der Waals surface area contributed by atoms with Gasteiger partial charge in [-0.3, -0.25) is 0 Å². The van der Waals surface area contributed by atoms with Gasteiger partial charge >= 0.3 is 0 Å². The molecule has 3 rings (SSSR count). The Morgan fingerprint density at radius 1 is 1.28 bits per heavy atom. The van der Waals surface area contributed by atoms with Crippen molar-refractivity contribution in [2.45, 2.75) is 19.4 Å². The van der Waals surface area contributed by atoms with Crippen molar-refractivity contribution >= 4 is 5.69 Å². The number of hydrogen-bond donors (Lipinski definition) is 1. The van der Waals surface area contributed by atoms with Crippen LogP contribution in [0.2, 0.25) is 0 Å². The molecule has 0 saturated carbocycles. The largest absolute Gasteiger partial charge is 0.449 e. The molecule has 18 heavy (non-hydrogen) atoms. The van der Waals surface area contributed by atoms with Crippen LogP contribution in [0.1, 0.15) is 12.3 Å². The summed E-state index contributed by atoms with van der Waals surface area (Å²) >= 11 is 0. The summed E-state index contributed by atoms with van der Waals surface area (Å²) in [7, 11) is 0. The number of nitrogens with zero attached hydrogens (tertiary/aromatic N) is 1. The maximum absolute atomic E-state index is 5.34. The minimum Gasteiger partial charge on any atom is -0.449 e. The van der Waals surface area contributed by atoms with E-state index < -0.39 is 0 Å². The number of nitrogens with one attached hydrogen (secondary N) is 1. The van der Waals surface area contributed by atoms with E-state index in [-0.39, 0.29) is 0 Å². The molecule has 1 saturated heterocycles. The highest BCUT2D eigenvalue weighted by Crippen LogP contribution is 2.21. The topological polar surface area (TPSA) is 47.3 Å².